The molecule has 0 radical (unpaired) electrons. The average Bonchev–Trinajstić information content (AvgIpc) is 3.49. The van der Waals surface area contributed by atoms with Crippen LogP contribution in [0.25, 0.3) is 0 Å². The van der Waals surface area contributed by atoms with Crippen LogP contribution in [0.1, 0.15) is 150 Å². The molecule has 1 heterocycles. The van der Waals surface area contributed by atoms with E-state index >= 15 is 0 Å². The predicted octanol–water partition coefficient (Wildman–Crippen LogP) is 12.9. The monoisotopic (exact) mass is 689 g/mol. The normalized spacial score (nSPS) is 43.1. The molecule has 0 aromatic heterocycles. The first-order valence-electron chi connectivity index (χ1n) is 22.5. The summed E-state index contributed by atoms with van der Waals surface area (Å²) in [5, 5.41) is 0. The highest BCUT2D eigenvalue weighted by Gasteiger charge is 2.50. The SMILES string of the molecule is CC1C2CC(COCC3CO3)C(C2)C1C.CC1C2CC(Cc3ccccc3)C(C2)C1C.CCCCCCCCCCC1CC2CC1C(C)C2C. The molecule has 0 spiro atoms. The standard InChI is InChI=1S/C19H36.C16H22.C13H22O2/c1-4-5-6-7-8-9-10-11-12-17-13-18-14-19(17)16(3)15(18)2;1-11-12(2)16-10-14(11)9-15(16)8-13-6-4-3-5-7-13;1-8-9(2)13-4-10(8)3-11(13)5-14-6-12-7-15-12/h15-19H,4-14H2,1-3H3;3-7,11-12,14-16H,8-10H2,1-2H3;8-13H,3-7H2,1-2H3. The molecule has 6 saturated carbocycles. The number of ether oxygens (including phenoxy) is 2. The minimum absolute atomic E-state index is 0.430. The van der Waals surface area contributed by atoms with E-state index in [0.29, 0.717) is 6.10 Å². The molecule has 7 fully saturated rings. The minimum Gasteiger partial charge on any atom is -0.378 e. The Morgan fingerprint density at radius 1 is 0.540 bits per heavy atom. The van der Waals surface area contributed by atoms with E-state index < -0.39 is 0 Å². The van der Waals surface area contributed by atoms with E-state index in [0.717, 1.165) is 109 Å². The molecule has 1 aliphatic heterocycles. The largest absolute Gasteiger partial charge is 0.378 e. The molecule has 7 aliphatic rings. The fraction of sp³-hybridized carbons (Fsp3) is 0.875. The topological polar surface area (TPSA) is 21.8 Å². The van der Waals surface area contributed by atoms with E-state index in [4.69, 9.17) is 9.47 Å². The van der Waals surface area contributed by atoms with Gasteiger partial charge in [0, 0.05) is 6.61 Å². The van der Waals surface area contributed by atoms with E-state index in [1.54, 1.807) is 24.8 Å². The van der Waals surface area contributed by atoms with Crippen molar-refractivity contribution in [2.75, 3.05) is 19.8 Å². The molecular weight excluding hydrogens is 609 g/mol. The molecule has 6 bridgehead atoms. The van der Waals surface area contributed by atoms with Gasteiger partial charge in [0.05, 0.1) is 13.2 Å². The second-order valence-electron chi connectivity index (χ2n) is 19.6. The van der Waals surface area contributed by atoms with E-state index in [1.807, 2.05) is 0 Å². The van der Waals surface area contributed by atoms with Crippen LogP contribution in [0.3, 0.4) is 0 Å². The average molecular weight is 689 g/mol. The highest BCUT2D eigenvalue weighted by Crippen LogP contribution is 2.57. The third-order valence-electron chi connectivity index (χ3n) is 16.9. The van der Waals surface area contributed by atoms with Crippen LogP contribution in [-0.2, 0) is 15.9 Å². The summed E-state index contributed by atoms with van der Waals surface area (Å²) in [5.41, 5.74) is 1.54. The lowest BCUT2D eigenvalue weighted by Gasteiger charge is -2.31. The van der Waals surface area contributed by atoms with Crippen molar-refractivity contribution in [3.63, 3.8) is 0 Å². The molecule has 50 heavy (non-hydrogen) atoms. The van der Waals surface area contributed by atoms with Gasteiger partial charge in [0.25, 0.3) is 0 Å². The third kappa shape index (κ3) is 9.62. The second kappa shape index (κ2) is 18.5. The molecule has 0 amide bonds. The van der Waals surface area contributed by atoms with Gasteiger partial charge in [0.2, 0.25) is 0 Å². The Morgan fingerprint density at radius 2 is 1.02 bits per heavy atom. The molecule has 2 heteroatoms. The Hall–Kier alpha value is -0.860. The maximum atomic E-state index is 5.75. The van der Waals surface area contributed by atoms with Crippen molar-refractivity contribution in [2.24, 2.45) is 88.8 Å². The molecule has 8 rings (SSSR count). The molecule has 16 unspecified atom stereocenters. The summed E-state index contributed by atoms with van der Waals surface area (Å²) in [4.78, 5) is 0. The van der Waals surface area contributed by atoms with Crippen LogP contribution in [0.5, 0.6) is 0 Å². The summed E-state index contributed by atoms with van der Waals surface area (Å²) in [6.07, 6.45) is 24.1. The van der Waals surface area contributed by atoms with Gasteiger partial charge in [-0.2, -0.15) is 0 Å². The van der Waals surface area contributed by atoms with Crippen molar-refractivity contribution >= 4 is 0 Å². The molecule has 284 valence electrons. The lowest BCUT2D eigenvalue weighted by molar-refractivity contribution is 0.0486. The smallest absolute Gasteiger partial charge is 0.104 e. The van der Waals surface area contributed by atoms with E-state index in [9.17, 15) is 0 Å². The number of hydrogen-bond acceptors (Lipinski definition) is 2. The highest BCUT2D eigenvalue weighted by molar-refractivity contribution is 5.16. The number of unbranched alkanes of at least 4 members (excludes halogenated alkanes) is 7. The Morgan fingerprint density at radius 3 is 1.54 bits per heavy atom. The van der Waals surface area contributed by atoms with Gasteiger partial charge in [-0.05, 0) is 139 Å². The Kier molecular flexibility index (Phi) is 14.3. The number of rotatable bonds is 15. The third-order valence-corrected chi connectivity index (χ3v) is 16.9. The van der Waals surface area contributed by atoms with Crippen molar-refractivity contribution in [2.45, 2.75) is 157 Å². The summed E-state index contributed by atoms with van der Waals surface area (Å²) in [7, 11) is 0. The van der Waals surface area contributed by atoms with Crippen molar-refractivity contribution in [3.05, 3.63) is 35.9 Å². The van der Waals surface area contributed by atoms with Crippen LogP contribution in [-0.4, -0.2) is 25.9 Å². The maximum absolute atomic E-state index is 5.75. The summed E-state index contributed by atoms with van der Waals surface area (Å²) in [6, 6.07) is 11.1. The molecule has 1 saturated heterocycles. The quantitative estimate of drug-likeness (QED) is 0.135. The molecule has 0 N–H and O–H groups in total. The summed E-state index contributed by atoms with van der Waals surface area (Å²) < 4.78 is 10.9. The summed E-state index contributed by atoms with van der Waals surface area (Å²) in [6.45, 7) is 19.9. The number of fused-ring (bicyclic) bond motifs is 6. The Bertz CT molecular complexity index is 1110. The first kappa shape index (κ1) is 38.9. The van der Waals surface area contributed by atoms with Gasteiger partial charge in [0.15, 0.2) is 0 Å². The van der Waals surface area contributed by atoms with Crippen molar-refractivity contribution in [1.29, 1.82) is 0 Å². The fourth-order valence-corrected chi connectivity index (χ4v) is 13.0. The first-order valence-corrected chi connectivity index (χ1v) is 22.5. The molecule has 16 atom stereocenters. The van der Waals surface area contributed by atoms with Crippen LogP contribution in [0.4, 0.5) is 0 Å². The van der Waals surface area contributed by atoms with Crippen molar-refractivity contribution in [3.8, 4) is 0 Å². The lowest BCUT2D eigenvalue weighted by atomic mass is 9.74. The first-order chi connectivity index (χ1) is 24.2. The van der Waals surface area contributed by atoms with Gasteiger partial charge in [-0.25, -0.2) is 0 Å². The fourth-order valence-electron chi connectivity index (χ4n) is 13.0. The van der Waals surface area contributed by atoms with Gasteiger partial charge < -0.3 is 9.47 Å². The van der Waals surface area contributed by atoms with Crippen LogP contribution in [0, 0.1) is 88.8 Å². The number of epoxide rings is 1. The minimum atomic E-state index is 0.430. The van der Waals surface area contributed by atoms with Crippen molar-refractivity contribution < 1.29 is 9.47 Å². The van der Waals surface area contributed by atoms with E-state index in [-0.39, 0.29) is 0 Å². The van der Waals surface area contributed by atoms with E-state index in [1.165, 1.54) is 83.5 Å². The van der Waals surface area contributed by atoms with Crippen LogP contribution >= 0.6 is 0 Å². The van der Waals surface area contributed by atoms with E-state index in [2.05, 4.69) is 78.8 Å². The zero-order valence-electron chi connectivity index (χ0n) is 33.9. The summed E-state index contributed by atoms with van der Waals surface area (Å²) in [5.74, 6) is 15.0. The van der Waals surface area contributed by atoms with Gasteiger partial charge in [0.1, 0.15) is 6.10 Å². The van der Waals surface area contributed by atoms with Crippen LogP contribution in [0.15, 0.2) is 30.3 Å². The highest BCUT2D eigenvalue weighted by atomic mass is 16.6. The maximum Gasteiger partial charge on any atom is 0.104 e. The Balaban J connectivity index is 0.000000130. The van der Waals surface area contributed by atoms with Crippen molar-refractivity contribution in [1.82, 2.24) is 0 Å². The van der Waals surface area contributed by atoms with Crippen LogP contribution in [0.2, 0.25) is 0 Å². The molecule has 1 aromatic rings. The molecule has 2 nitrogen and oxygen atoms in total. The molecule has 1 aromatic carbocycles. The number of hydrogen-bond donors (Lipinski definition) is 0. The Labute approximate surface area is 310 Å². The lowest BCUT2D eigenvalue weighted by Crippen LogP contribution is -2.27. The van der Waals surface area contributed by atoms with Gasteiger partial charge in [-0.3, -0.25) is 0 Å². The summed E-state index contributed by atoms with van der Waals surface area (Å²) >= 11 is 0. The second-order valence-corrected chi connectivity index (χ2v) is 19.6. The van der Waals surface area contributed by atoms with Gasteiger partial charge in [-0.1, -0.05) is 137 Å². The zero-order valence-corrected chi connectivity index (χ0v) is 33.9. The number of benzene rings is 1. The van der Waals surface area contributed by atoms with Gasteiger partial charge in [-0.15, -0.1) is 0 Å². The predicted molar refractivity (Wildman–Crippen MR) is 212 cm³/mol. The van der Waals surface area contributed by atoms with Gasteiger partial charge >= 0.3 is 0 Å². The zero-order chi connectivity index (χ0) is 35.2. The van der Waals surface area contributed by atoms with Crippen LogP contribution < -0.4 is 0 Å². The molecule has 6 aliphatic carbocycles. The molecular formula is C48H80O2.